The molecule has 20 heavy (non-hydrogen) atoms. The zero-order valence-corrected chi connectivity index (χ0v) is 10.4. The topological polar surface area (TPSA) is 75.1 Å². The van der Waals surface area contributed by atoms with Crippen molar-refractivity contribution in [1.29, 1.82) is 0 Å². The molecule has 0 aliphatic carbocycles. The second-order valence-corrected chi connectivity index (χ2v) is 4.29. The summed E-state index contributed by atoms with van der Waals surface area (Å²) in [5, 5.41) is 14.0. The second kappa shape index (κ2) is 4.97. The molecule has 0 bridgehead atoms. The third-order valence-electron chi connectivity index (χ3n) is 2.91. The molecule has 0 radical (unpaired) electrons. The van der Waals surface area contributed by atoms with Crippen molar-refractivity contribution in [3.63, 3.8) is 0 Å². The number of pyridine rings is 2. The lowest BCUT2D eigenvalue weighted by molar-refractivity contribution is 0.102. The fourth-order valence-corrected chi connectivity index (χ4v) is 1.98. The number of hydrogen-bond acceptors (Lipinski definition) is 4. The van der Waals surface area contributed by atoms with Crippen molar-refractivity contribution in [2.45, 2.75) is 0 Å². The highest BCUT2D eigenvalue weighted by molar-refractivity contribution is 6.09. The van der Waals surface area contributed by atoms with Crippen LogP contribution in [0.5, 0.6) is 5.75 Å². The van der Waals surface area contributed by atoms with Gasteiger partial charge in [-0.25, -0.2) is 0 Å². The summed E-state index contributed by atoms with van der Waals surface area (Å²) < 4.78 is 0. The fourth-order valence-electron chi connectivity index (χ4n) is 1.98. The number of amides is 1. The summed E-state index contributed by atoms with van der Waals surface area (Å²) in [6.07, 6.45) is 6.09. The molecular weight excluding hydrogens is 254 g/mol. The zero-order chi connectivity index (χ0) is 13.9. The molecule has 98 valence electrons. The van der Waals surface area contributed by atoms with Gasteiger partial charge in [0.25, 0.3) is 5.91 Å². The lowest BCUT2D eigenvalue weighted by atomic mass is 10.1. The largest absolute Gasteiger partial charge is 0.506 e. The number of hydrogen-bond donors (Lipinski definition) is 2. The molecule has 3 rings (SSSR count). The zero-order valence-electron chi connectivity index (χ0n) is 10.4. The van der Waals surface area contributed by atoms with E-state index in [9.17, 15) is 9.90 Å². The smallest absolute Gasteiger partial charge is 0.257 e. The molecule has 1 aromatic carbocycles. The van der Waals surface area contributed by atoms with Gasteiger partial charge in [-0.2, -0.15) is 0 Å². The number of carbonyl (C=O) groups excluding carboxylic acids is 1. The van der Waals surface area contributed by atoms with Crippen LogP contribution >= 0.6 is 0 Å². The van der Waals surface area contributed by atoms with Gasteiger partial charge in [-0.3, -0.25) is 14.8 Å². The number of aromatic nitrogens is 2. The van der Waals surface area contributed by atoms with Gasteiger partial charge in [-0.05, 0) is 18.2 Å². The van der Waals surface area contributed by atoms with Crippen molar-refractivity contribution >= 4 is 22.4 Å². The summed E-state index contributed by atoms with van der Waals surface area (Å²) >= 11 is 0. The third-order valence-corrected chi connectivity index (χ3v) is 2.91. The molecule has 2 heterocycles. The van der Waals surface area contributed by atoms with E-state index in [2.05, 4.69) is 15.3 Å². The molecule has 5 heteroatoms. The molecule has 2 N–H and O–H groups in total. The van der Waals surface area contributed by atoms with E-state index < -0.39 is 0 Å². The van der Waals surface area contributed by atoms with Crippen LogP contribution in [-0.4, -0.2) is 21.0 Å². The number of nitrogens with zero attached hydrogens (tertiary/aromatic N) is 2. The lowest BCUT2D eigenvalue weighted by Gasteiger charge is -2.08. The van der Waals surface area contributed by atoms with Crippen molar-refractivity contribution in [2.75, 3.05) is 5.32 Å². The average molecular weight is 265 g/mol. The first kappa shape index (κ1) is 12.1. The normalized spacial score (nSPS) is 10.4. The number of rotatable bonds is 2. The predicted molar refractivity (Wildman–Crippen MR) is 75.6 cm³/mol. The monoisotopic (exact) mass is 265 g/mol. The highest BCUT2D eigenvalue weighted by atomic mass is 16.3. The van der Waals surface area contributed by atoms with Crippen LogP contribution in [0.15, 0.2) is 55.1 Å². The average Bonchev–Trinajstić information content (AvgIpc) is 2.47. The van der Waals surface area contributed by atoms with E-state index in [-0.39, 0.29) is 11.7 Å². The van der Waals surface area contributed by atoms with Gasteiger partial charge in [-0.15, -0.1) is 0 Å². The maximum absolute atomic E-state index is 12.1. The van der Waals surface area contributed by atoms with Crippen LogP contribution in [0.3, 0.4) is 0 Å². The molecule has 3 aromatic rings. The Kier molecular flexibility index (Phi) is 3.01. The van der Waals surface area contributed by atoms with Crippen LogP contribution in [-0.2, 0) is 0 Å². The van der Waals surface area contributed by atoms with Crippen LogP contribution in [0.4, 0.5) is 5.69 Å². The second-order valence-electron chi connectivity index (χ2n) is 4.29. The minimum Gasteiger partial charge on any atom is -0.506 e. The van der Waals surface area contributed by atoms with E-state index in [0.29, 0.717) is 11.3 Å². The van der Waals surface area contributed by atoms with Crippen molar-refractivity contribution in [2.24, 2.45) is 0 Å². The van der Waals surface area contributed by atoms with Gasteiger partial charge in [0.05, 0.1) is 11.8 Å². The van der Waals surface area contributed by atoms with E-state index in [1.807, 2.05) is 24.3 Å². The number of anilines is 1. The van der Waals surface area contributed by atoms with Gasteiger partial charge < -0.3 is 10.4 Å². The number of aromatic hydroxyl groups is 1. The van der Waals surface area contributed by atoms with Crippen LogP contribution in [0, 0.1) is 0 Å². The number of fused-ring (bicyclic) bond motifs is 1. The first-order chi connectivity index (χ1) is 9.74. The quantitative estimate of drug-likeness (QED) is 0.746. The summed E-state index contributed by atoms with van der Waals surface area (Å²) in [6, 6.07) is 8.80. The molecule has 0 aliphatic heterocycles. The summed E-state index contributed by atoms with van der Waals surface area (Å²) in [7, 11) is 0. The van der Waals surface area contributed by atoms with Crippen LogP contribution in [0.25, 0.3) is 10.8 Å². The van der Waals surface area contributed by atoms with Crippen molar-refractivity contribution in [1.82, 2.24) is 9.97 Å². The third kappa shape index (κ3) is 2.29. The Bertz CT molecular complexity index is 781. The van der Waals surface area contributed by atoms with E-state index in [4.69, 9.17) is 0 Å². The Morgan fingerprint density at radius 3 is 2.85 bits per heavy atom. The van der Waals surface area contributed by atoms with E-state index in [1.165, 1.54) is 18.5 Å². The maximum atomic E-state index is 12.1. The standard InChI is InChI=1S/C15H11N3O2/c19-12-6-11(8-17-9-12)15(20)18-14-3-1-2-10-7-16-5-4-13(10)14/h1-9,19H,(H,18,20). The molecule has 1 amide bonds. The highest BCUT2D eigenvalue weighted by Crippen LogP contribution is 2.22. The molecule has 0 fully saturated rings. The SMILES string of the molecule is O=C(Nc1cccc2cnccc12)c1cncc(O)c1. The number of carbonyl (C=O) groups is 1. The molecule has 0 unspecified atom stereocenters. The summed E-state index contributed by atoms with van der Waals surface area (Å²) in [6.45, 7) is 0. The Morgan fingerprint density at radius 1 is 1.10 bits per heavy atom. The van der Waals surface area contributed by atoms with Gasteiger partial charge in [-0.1, -0.05) is 12.1 Å². The Balaban J connectivity index is 1.95. The van der Waals surface area contributed by atoms with E-state index in [0.717, 1.165) is 10.8 Å². The summed E-state index contributed by atoms with van der Waals surface area (Å²) in [5.74, 6) is -0.363. The number of benzene rings is 1. The van der Waals surface area contributed by atoms with Crippen LogP contribution in [0.1, 0.15) is 10.4 Å². The van der Waals surface area contributed by atoms with Gasteiger partial charge >= 0.3 is 0 Å². The summed E-state index contributed by atoms with van der Waals surface area (Å²) in [4.78, 5) is 20.0. The Hall–Kier alpha value is -2.95. The van der Waals surface area contributed by atoms with Gasteiger partial charge in [0.2, 0.25) is 0 Å². The van der Waals surface area contributed by atoms with E-state index >= 15 is 0 Å². The minimum atomic E-state index is -0.322. The van der Waals surface area contributed by atoms with Crippen molar-refractivity contribution in [3.05, 3.63) is 60.7 Å². The van der Waals surface area contributed by atoms with Gasteiger partial charge in [0.15, 0.2) is 0 Å². The Morgan fingerprint density at radius 2 is 2.00 bits per heavy atom. The van der Waals surface area contributed by atoms with Crippen LogP contribution < -0.4 is 5.32 Å². The van der Waals surface area contributed by atoms with Gasteiger partial charge in [0.1, 0.15) is 5.75 Å². The van der Waals surface area contributed by atoms with Crippen molar-refractivity contribution < 1.29 is 9.90 Å². The molecule has 0 saturated heterocycles. The van der Waals surface area contributed by atoms with Crippen LogP contribution in [0.2, 0.25) is 0 Å². The molecule has 0 aliphatic rings. The first-order valence-electron chi connectivity index (χ1n) is 6.02. The van der Waals surface area contributed by atoms with Gasteiger partial charge in [0, 0.05) is 35.1 Å². The molecule has 0 saturated carbocycles. The number of nitrogens with one attached hydrogen (secondary N) is 1. The first-order valence-corrected chi connectivity index (χ1v) is 6.02. The molecule has 0 spiro atoms. The van der Waals surface area contributed by atoms with Crippen molar-refractivity contribution in [3.8, 4) is 5.75 Å². The maximum Gasteiger partial charge on any atom is 0.257 e. The highest BCUT2D eigenvalue weighted by Gasteiger charge is 2.09. The lowest BCUT2D eigenvalue weighted by Crippen LogP contribution is -2.12. The van der Waals surface area contributed by atoms with E-state index in [1.54, 1.807) is 12.4 Å². The Labute approximate surface area is 114 Å². The summed E-state index contributed by atoms with van der Waals surface area (Å²) in [5.41, 5.74) is 0.995. The molecule has 5 nitrogen and oxygen atoms in total. The molecule has 2 aromatic heterocycles. The minimum absolute atomic E-state index is 0.0419. The molecular formula is C15H11N3O2. The fraction of sp³-hybridized carbons (Fsp3) is 0. The predicted octanol–water partition coefficient (Wildman–Crippen LogP) is 2.59. The molecule has 0 atom stereocenters.